The van der Waals surface area contributed by atoms with Crippen molar-refractivity contribution in [2.24, 2.45) is 0 Å². The Labute approximate surface area is 161 Å². The number of para-hydroxylation sites is 1. The van der Waals surface area contributed by atoms with Crippen molar-refractivity contribution >= 4 is 31.6 Å². The highest BCUT2D eigenvalue weighted by Crippen LogP contribution is 2.27. The molecule has 0 bridgehead atoms. The van der Waals surface area contributed by atoms with Gasteiger partial charge in [-0.2, -0.15) is 14.8 Å². The molecule has 2 aromatic rings. The zero-order chi connectivity index (χ0) is 18.7. The van der Waals surface area contributed by atoms with Gasteiger partial charge in [0.25, 0.3) is 0 Å². The number of nitriles is 2. The molecule has 0 radical (unpaired) electrons. The fraction of sp³-hybridized carbons (Fsp3) is 0.222. The van der Waals surface area contributed by atoms with Crippen LogP contribution in [-0.4, -0.2) is 38.9 Å². The third-order valence-electron chi connectivity index (χ3n) is 4.27. The van der Waals surface area contributed by atoms with Crippen LogP contribution >= 0.6 is 15.9 Å². The first-order valence-corrected chi connectivity index (χ1v) is 10.1. The normalized spacial score (nSPS) is 15.3. The number of anilines is 1. The van der Waals surface area contributed by atoms with Crippen LogP contribution in [0.25, 0.3) is 0 Å². The van der Waals surface area contributed by atoms with Crippen LogP contribution in [0.1, 0.15) is 11.1 Å². The van der Waals surface area contributed by atoms with Gasteiger partial charge < -0.3 is 4.90 Å². The van der Waals surface area contributed by atoms with E-state index in [0.717, 1.165) is 0 Å². The Morgan fingerprint density at radius 1 is 0.923 bits per heavy atom. The average Bonchev–Trinajstić information content (AvgIpc) is 2.67. The summed E-state index contributed by atoms with van der Waals surface area (Å²) in [6.45, 7) is 1.42. The highest BCUT2D eigenvalue weighted by atomic mass is 79.9. The quantitative estimate of drug-likeness (QED) is 0.746. The lowest BCUT2D eigenvalue weighted by Crippen LogP contribution is -2.49. The van der Waals surface area contributed by atoms with E-state index >= 15 is 0 Å². The van der Waals surface area contributed by atoms with Crippen molar-refractivity contribution in [3.63, 3.8) is 0 Å². The van der Waals surface area contributed by atoms with Crippen LogP contribution in [0, 0.1) is 22.7 Å². The van der Waals surface area contributed by atoms with E-state index in [9.17, 15) is 18.9 Å². The summed E-state index contributed by atoms with van der Waals surface area (Å²) < 4.78 is 27.8. The summed E-state index contributed by atoms with van der Waals surface area (Å²) in [6.07, 6.45) is 0. The fourth-order valence-corrected chi connectivity index (χ4v) is 5.01. The Hall–Kier alpha value is -2.39. The highest BCUT2D eigenvalue weighted by Gasteiger charge is 2.30. The summed E-state index contributed by atoms with van der Waals surface area (Å²) in [7, 11) is -3.57. The Kier molecular flexibility index (Phi) is 5.28. The molecule has 8 heteroatoms. The first-order valence-electron chi connectivity index (χ1n) is 7.91. The van der Waals surface area contributed by atoms with Gasteiger partial charge in [0.1, 0.15) is 12.1 Å². The largest absolute Gasteiger partial charge is 0.367 e. The summed E-state index contributed by atoms with van der Waals surface area (Å²) in [5.41, 5.74) is 1.43. The van der Waals surface area contributed by atoms with Gasteiger partial charge in [0.05, 0.1) is 21.7 Å². The van der Waals surface area contributed by atoms with E-state index < -0.39 is 10.0 Å². The lowest BCUT2D eigenvalue weighted by Gasteiger charge is -2.36. The maximum Gasteiger partial charge on any atom is 0.243 e. The van der Waals surface area contributed by atoms with E-state index in [1.54, 1.807) is 42.5 Å². The average molecular weight is 431 g/mol. The Bertz CT molecular complexity index is 984. The highest BCUT2D eigenvalue weighted by molar-refractivity contribution is 9.10. The number of nitrogens with zero attached hydrogens (tertiary/aromatic N) is 4. The van der Waals surface area contributed by atoms with Crippen molar-refractivity contribution in [3.05, 3.63) is 58.1 Å². The van der Waals surface area contributed by atoms with Crippen molar-refractivity contribution < 1.29 is 8.42 Å². The molecule has 1 heterocycles. The number of benzene rings is 2. The molecule has 0 aromatic heterocycles. The van der Waals surface area contributed by atoms with Crippen molar-refractivity contribution in [1.29, 1.82) is 10.5 Å². The van der Waals surface area contributed by atoms with Gasteiger partial charge in [0.2, 0.25) is 10.0 Å². The van der Waals surface area contributed by atoms with Gasteiger partial charge in [-0.3, -0.25) is 0 Å². The van der Waals surface area contributed by atoms with Gasteiger partial charge in [-0.15, -0.1) is 0 Å². The smallest absolute Gasteiger partial charge is 0.243 e. The van der Waals surface area contributed by atoms with Gasteiger partial charge in [-0.25, -0.2) is 8.42 Å². The van der Waals surface area contributed by atoms with Gasteiger partial charge in [-0.05, 0) is 30.3 Å². The Balaban J connectivity index is 1.83. The van der Waals surface area contributed by atoms with Crippen LogP contribution in [0.5, 0.6) is 0 Å². The minimum atomic E-state index is -3.57. The predicted molar refractivity (Wildman–Crippen MR) is 101 cm³/mol. The maximum atomic E-state index is 12.8. The number of piperazine rings is 1. The summed E-state index contributed by atoms with van der Waals surface area (Å²) in [6, 6.07) is 15.9. The molecule has 0 atom stereocenters. The van der Waals surface area contributed by atoms with Crippen molar-refractivity contribution in [1.82, 2.24) is 4.31 Å². The number of halogens is 1. The molecule has 26 heavy (non-hydrogen) atoms. The van der Waals surface area contributed by atoms with Crippen molar-refractivity contribution in [2.75, 3.05) is 31.1 Å². The molecular formula is C18H15BrN4O2S. The summed E-state index contributed by atoms with van der Waals surface area (Å²) >= 11 is 3.30. The Morgan fingerprint density at radius 3 is 2.04 bits per heavy atom. The molecule has 0 amide bonds. The molecule has 0 aliphatic carbocycles. The lowest BCUT2D eigenvalue weighted by molar-refractivity contribution is 0.385. The third-order valence-corrected chi connectivity index (χ3v) is 6.65. The number of sulfonamides is 1. The van der Waals surface area contributed by atoms with E-state index in [1.165, 1.54) is 4.31 Å². The number of hydrogen-bond acceptors (Lipinski definition) is 5. The van der Waals surface area contributed by atoms with Gasteiger partial charge in [0, 0.05) is 30.7 Å². The van der Waals surface area contributed by atoms with Gasteiger partial charge >= 0.3 is 0 Å². The Morgan fingerprint density at radius 2 is 1.50 bits per heavy atom. The zero-order valence-electron chi connectivity index (χ0n) is 13.8. The van der Waals surface area contributed by atoms with Crippen LogP contribution in [0.15, 0.2) is 51.8 Å². The number of hydrogen-bond donors (Lipinski definition) is 0. The minimum absolute atomic E-state index is 0.246. The number of rotatable bonds is 3. The molecule has 0 saturated carbocycles. The monoisotopic (exact) mass is 430 g/mol. The maximum absolute atomic E-state index is 12.8. The second-order valence-electron chi connectivity index (χ2n) is 5.77. The van der Waals surface area contributed by atoms with Crippen LogP contribution in [0.4, 0.5) is 5.69 Å². The summed E-state index contributed by atoms with van der Waals surface area (Å²) in [4.78, 5) is 2.15. The third kappa shape index (κ3) is 3.45. The van der Waals surface area contributed by atoms with Crippen LogP contribution in [0.2, 0.25) is 0 Å². The first-order chi connectivity index (χ1) is 12.5. The molecular weight excluding hydrogens is 416 g/mol. The molecule has 2 aromatic carbocycles. The van der Waals surface area contributed by atoms with Crippen molar-refractivity contribution in [2.45, 2.75) is 4.90 Å². The summed E-state index contributed by atoms with van der Waals surface area (Å²) in [5, 5.41) is 18.7. The molecule has 1 aliphatic heterocycles. The van der Waals surface area contributed by atoms with E-state index in [1.807, 2.05) is 4.90 Å². The molecule has 132 valence electrons. The van der Waals surface area contributed by atoms with E-state index in [4.69, 9.17) is 0 Å². The summed E-state index contributed by atoms with van der Waals surface area (Å²) in [5.74, 6) is 0. The minimum Gasteiger partial charge on any atom is -0.367 e. The first kappa shape index (κ1) is 18.4. The topological polar surface area (TPSA) is 88.2 Å². The molecule has 0 N–H and O–H groups in total. The molecule has 1 aliphatic rings. The van der Waals surface area contributed by atoms with Crippen molar-refractivity contribution in [3.8, 4) is 12.1 Å². The molecule has 3 rings (SSSR count). The predicted octanol–water partition coefficient (Wildman–Crippen LogP) is 2.70. The molecule has 1 fully saturated rings. The SMILES string of the molecule is N#Cc1cccc(C#N)c1N1CCN(S(=O)(=O)c2cccc(Br)c2)CC1. The van der Waals surface area contributed by atoms with Crippen LogP contribution in [0.3, 0.4) is 0 Å². The van der Waals surface area contributed by atoms with E-state index in [2.05, 4.69) is 28.1 Å². The molecule has 0 spiro atoms. The van der Waals surface area contributed by atoms with Gasteiger partial charge in [0.15, 0.2) is 0 Å². The fourth-order valence-electron chi connectivity index (χ4n) is 2.99. The van der Waals surface area contributed by atoms with Gasteiger partial charge in [-0.1, -0.05) is 28.1 Å². The van der Waals surface area contributed by atoms with E-state index in [0.29, 0.717) is 47.5 Å². The van der Waals surface area contributed by atoms with E-state index in [-0.39, 0.29) is 4.90 Å². The molecule has 1 saturated heterocycles. The van der Waals surface area contributed by atoms with Crippen LogP contribution in [-0.2, 0) is 10.0 Å². The van der Waals surface area contributed by atoms with Crippen LogP contribution < -0.4 is 4.90 Å². The molecule has 0 unspecified atom stereocenters. The second-order valence-corrected chi connectivity index (χ2v) is 8.63. The lowest BCUT2D eigenvalue weighted by atomic mass is 10.1. The standard InChI is InChI=1S/C18H15BrN4O2S/c19-16-5-2-6-17(11-16)26(24,25)23-9-7-22(8-10-23)18-14(12-20)3-1-4-15(18)13-21/h1-6,11H,7-10H2. The second kappa shape index (κ2) is 7.46. The molecule has 6 nitrogen and oxygen atoms in total. The zero-order valence-corrected chi connectivity index (χ0v) is 16.2.